The number of likely N-dealkylation sites (tertiary alicyclic amines) is 1. The van der Waals surface area contributed by atoms with Crippen LogP contribution in [0.5, 0.6) is 5.75 Å². The molecule has 0 aromatic heterocycles. The zero-order valence-corrected chi connectivity index (χ0v) is 17.2. The number of hydrogen-bond acceptors (Lipinski definition) is 4. The summed E-state index contributed by atoms with van der Waals surface area (Å²) in [6.45, 7) is 2.69. The van der Waals surface area contributed by atoms with Crippen LogP contribution < -0.4 is 0 Å². The summed E-state index contributed by atoms with van der Waals surface area (Å²) in [6.07, 6.45) is 6.18. The molecule has 0 bridgehead atoms. The molecule has 5 rings (SSSR count). The molecule has 2 aliphatic heterocycles. The van der Waals surface area contributed by atoms with Gasteiger partial charge < -0.3 is 5.11 Å². The van der Waals surface area contributed by atoms with Crippen molar-refractivity contribution < 1.29 is 14.7 Å². The highest BCUT2D eigenvalue weighted by atomic mass is 16.3. The molecule has 2 atom stereocenters. The lowest BCUT2D eigenvalue weighted by molar-refractivity contribution is 0.0651. The van der Waals surface area contributed by atoms with Gasteiger partial charge in [-0.1, -0.05) is 30.7 Å². The SMILES string of the molecule is O=C1c2ccccc2C(=O)N1CCCCCN1CCC2c3cccc(O)c3CCC21. The third-order valence-electron chi connectivity index (χ3n) is 7.14. The lowest BCUT2D eigenvalue weighted by Crippen LogP contribution is -2.35. The summed E-state index contributed by atoms with van der Waals surface area (Å²) in [7, 11) is 0. The Hall–Kier alpha value is -2.66. The van der Waals surface area contributed by atoms with Crippen molar-refractivity contribution in [3.05, 3.63) is 64.7 Å². The largest absolute Gasteiger partial charge is 0.508 e. The summed E-state index contributed by atoms with van der Waals surface area (Å²) in [5.41, 5.74) is 3.57. The van der Waals surface area contributed by atoms with E-state index in [-0.39, 0.29) is 11.8 Å². The molecule has 1 fully saturated rings. The number of nitrogens with zero attached hydrogens (tertiary/aromatic N) is 2. The summed E-state index contributed by atoms with van der Waals surface area (Å²) in [5, 5.41) is 10.2. The van der Waals surface area contributed by atoms with Crippen molar-refractivity contribution in [3.8, 4) is 5.75 Å². The van der Waals surface area contributed by atoms with Crippen LogP contribution in [0.15, 0.2) is 42.5 Å². The van der Waals surface area contributed by atoms with Crippen molar-refractivity contribution in [1.82, 2.24) is 9.80 Å². The lowest BCUT2D eigenvalue weighted by Gasteiger charge is -2.33. The van der Waals surface area contributed by atoms with Gasteiger partial charge in [-0.3, -0.25) is 19.4 Å². The van der Waals surface area contributed by atoms with Gasteiger partial charge in [-0.25, -0.2) is 0 Å². The molecule has 0 saturated carbocycles. The molecule has 2 aromatic rings. The van der Waals surface area contributed by atoms with Crippen LogP contribution in [0.1, 0.15) is 69.9 Å². The third-order valence-corrected chi connectivity index (χ3v) is 7.14. The minimum Gasteiger partial charge on any atom is -0.508 e. The number of amides is 2. The Kier molecular flexibility index (Phi) is 5.07. The molecule has 2 amide bonds. The Balaban J connectivity index is 1.11. The Morgan fingerprint density at radius 1 is 0.867 bits per heavy atom. The summed E-state index contributed by atoms with van der Waals surface area (Å²) in [5.74, 6) is 0.695. The molecule has 0 spiro atoms. The monoisotopic (exact) mass is 404 g/mol. The summed E-state index contributed by atoms with van der Waals surface area (Å²) < 4.78 is 0. The minimum absolute atomic E-state index is 0.151. The van der Waals surface area contributed by atoms with Gasteiger partial charge in [-0.15, -0.1) is 0 Å². The molecule has 1 N–H and O–H groups in total. The molecule has 1 aliphatic carbocycles. The van der Waals surface area contributed by atoms with Crippen molar-refractivity contribution in [1.29, 1.82) is 0 Å². The van der Waals surface area contributed by atoms with Crippen LogP contribution in [0.2, 0.25) is 0 Å². The second-order valence-corrected chi connectivity index (χ2v) is 8.75. The molecule has 5 heteroatoms. The number of unbranched alkanes of at least 4 members (excludes halogenated alkanes) is 2. The number of hydrogen-bond donors (Lipinski definition) is 1. The smallest absolute Gasteiger partial charge is 0.261 e. The van der Waals surface area contributed by atoms with Gasteiger partial charge in [0.05, 0.1) is 11.1 Å². The van der Waals surface area contributed by atoms with E-state index < -0.39 is 0 Å². The number of phenolic OH excluding ortho intramolecular Hbond substituents is 1. The van der Waals surface area contributed by atoms with Crippen molar-refractivity contribution in [3.63, 3.8) is 0 Å². The van der Waals surface area contributed by atoms with Gasteiger partial charge in [0.15, 0.2) is 0 Å². The average molecular weight is 405 g/mol. The number of fused-ring (bicyclic) bond motifs is 4. The van der Waals surface area contributed by atoms with E-state index in [0.29, 0.717) is 35.4 Å². The van der Waals surface area contributed by atoms with Gasteiger partial charge in [-0.05, 0) is 74.5 Å². The van der Waals surface area contributed by atoms with E-state index >= 15 is 0 Å². The van der Waals surface area contributed by atoms with E-state index in [1.165, 1.54) is 10.5 Å². The molecule has 30 heavy (non-hydrogen) atoms. The fraction of sp³-hybridized carbons (Fsp3) is 0.440. The Bertz CT molecular complexity index is 951. The molecule has 2 heterocycles. The van der Waals surface area contributed by atoms with Gasteiger partial charge in [-0.2, -0.15) is 0 Å². The van der Waals surface area contributed by atoms with E-state index in [1.54, 1.807) is 18.2 Å². The van der Waals surface area contributed by atoms with Gasteiger partial charge in [0.25, 0.3) is 11.8 Å². The zero-order valence-electron chi connectivity index (χ0n) is 17.2. The van der Waals surface area contributed by atoms with Gasteiger partial charge in [0, 0.05) is 18.5 Å². The minimum atomic E-state index is -0.151. The van der Waals surface area contributed by atoms with Crippen molar-refractivity contribution in [2.45, 2.75) is 50.5 Å². The van der Waals surface area contributed by atoms with Crippen LogP contribution in [0, 0.1) is 0 Å². The first kappa shape index (κ1) is 19.3. The van der Waals surface area contributed by atoms with E-state index in [9.17, 15) is 14.7 Å². The standard InChI is InChI=1S/C25H28N2O3/c28-23-10-6-9-17-18-13-16-26(22(18)12-11-19(17)23)14-4-1-5-15-27-24(29)20-7-2-3-8-21(20)25(27)30/h2-3,6-10,18,22,28H,1,4-5,11-16H2. The average Bonchev–Trinajstić information content (AvgIpc) is 3.28. The predicted molar refractivity (Wildman–Crippen MR) is 115 cm³/mol. The highest BCUT2D eigenvalue weighted by Crippen LogP contribution is 2.43. The lowest BCUT2D eigenvalue weighted by atomic mass is 9.79. The topological polar surface area (TPSA) is 60.9 Å². The van der Waals surface area contributed by atoms with Gasteiger partial charge in [0.2, 0.25) is 0 Å². The normalized spacial score (nSPS) is 22.9. The van der Waals surface area contributed by atoms with E-state index in [0.717, 1.165) is 57.2 Å². The Morgan fingerprint density at radius 3 is 2.37 bits per heavy atom. The number of rotatable bonds is 6. The van der Waals surface area contributed by atoms with Crippen molar-refractivity contribution in [2.24, 2.45) is 0 Å². The molecule has 0 radical (unpaired) electrons. The van der Waals surface area contributed by atoms with Crippen molar-refractivity contribution in [2.75, 3.05) is 19.6 Å². The maximum atomic E-state index is 12.4. The van der Waals surface area contributed by atoms with Gasteiger partial charge in [0.1, 0.15) is 5.75 Å². The number of carbonyl (C=O) groups is 2. The second kappa shape index (κ2) is 7.88. The summed E-state index contributed by atoms with van der Waals surface area (Å²) in [6, 6.07) is 13.6. The molecule has 2 unspecified atom stereocenters. The molecular weight excluding hydrogens is 376 g/mol. The van der Waals surface area contributed by atoms with Crippen LogP contribution in [-0.2, 0) is 6.42 Å². The number of benzene rings is 2. The number of aromatic hydroxyl groups is 1. The van der Waals surface area contributed by atoms with E-state index in [2.05, 4.69) is 11.0 Å². The fourth-order valence-corrected chi connectivity index (χ4v) is 5.65. The van der Waals surface area contributed by atoms with Crippen molar-refractivity contribution >= 4 is 11.8 Å². The molecule has 3 aliphatic rings. The highest BCUT2D eigenvalue weighted by molar-refractivity contribution is 6.21. The fourth-order valence-electron chi connectivity index (χ4n) is 5.65. The Labute approximate surface area is 177 Å². The second-order valence-electron chi connectivity index (χ2n) is 8.75. The first-order chi connectivity index (χ1) is 14.6. The number of imide groups is 1. The number of phenols is 1. The van der Waals surface area contributed by atoms with Crippen LogP contribution in [0.25, 0.3) is 0 Å². The van der Waals surface area contributed by atoms with Crippen LogP contribution in [-0.4, -0.2) is 52.4 Å². The number of carbonyl (C=O) groups excluding carboxylic acids is 2. The van der Waals surface area contributed by atoms with Crippen LogP contribution in [0.4, 0.5) is 0 Å². The zero-order chi connectivity index (χ0) is 20.7. The van der Waals surface area contributed by atoms with Crippen LogP contribution in [0.3, 0.4) is 0 Å². The highest BCUT2D eigenvalue weighted by Gasteiger charge is 2.39. The maximum Gasteiger partial charge on any atom is 0.261 e. The maximum absolute atomic E-state index is 12.4. The molecule has 1 saturated heterocycles. The summed E-state index contributed by atoms with van der Waals surface area (Å²) in [4.78, 5) is 28.9. The third kappa shape index (κ3) is 3.21. The quantitative estimate of drug-likeness (QED) is 0.585. The predicted octanol–water partition coefficient (Wildman–Crippen LogP) is 3.96. The van der Waals surface area contributed by atoms with Crippen LogP contribution >= 0.6 is 0 Å². The molecular formula is C25H28N2O3. The first-order valence-corrected chi connectivity index (χ1v) is 11.1. The summed E-state index contributed by atoms with van der Waals surface area (Å²) >= 11 is 0. The van der Waals surface area contributed by atoms with Gasteiger partial charge >= 0.3 is 0 Å². The van der Waals surface area contributed by atoms with E-state index in [4.69, 9.17) is 0 Å². The first-order valence-electron chi connectivity index (χ1n) is 11.1. The Morgan fingerprint density at radius 2 is 1.60 bits per heavy atom. The molecule has 156 valence electrons. The molecule has 5 nitrogen and oxygen atoms in total. The van der Waals surface area contributed by atoms with E-state index in [1.807, 2.05) is 18.2 Å². The molecule has 2 aromatic carbocycles.